The molecule has 0 unspecified atom stereocenters. The molecule has 0 saturated carbocycles. The van der Waals surface area contributed by atoms with E-state index in [4.69, 9.17) is 0 Å². The molecule has 0 radical (unpaired) electrons. The molecule has 0 amide bonds. The molecule has 5 nitrogen and oxygen atoms in total. The van der Waals surface area contributed by atoms with Crippen LogP contribution in [0.4, 0.5) is 0 Å². The second-order valence-electron chi connectivity index (χ2n) is 2.77. The summed E-state index contributed by atoms with van der Waals surface area (Å²) in [6.07, 6.45) is 1.48. The zero-order valence-corrected chi connectivity index (χ0v) is 11.1. The van der Waals surface area contributed by atoms with E-state index in [9.17, 15) is 13.0 Å². The van der Waals surface area contributed by atoms with Gasteiger partial charge in [-0.05, 0) is 18.8 Å². The van der Waals surface area contributed by atoms with E-state index >= 15 is 0 Å². The van der Waals surface area contributed by atoms with Gasteiger partial charge in [-0.1, -0.05) is 13.8 Å². The Bertz CT molecular complexity index is 189. The predicted octanol–water partition coefficient (Wildman–Crippen LogP) is -2.92. The maximum atomic E-state index is 9.90. The number of hydrogen-bond acceptors (Lipinski definition) is 4. The van der Waals surface area contributed by atoms with Gasteiger partial charge in [0.05, 0.1) is 6.61 Å². The van der Waals surface area contributed by atoms with Crippen LogP contribution in [-0.2, 0) is 14.6 Å². The summed E-state index contributed by atoms with van der Waals surface area (Å²) in [6.45, 7) is 4.04. The average Bonchev–Trinajstić information content (AvgIpc) is 1.78. The van der Waals surface area contributed by atoms with E-state index in [1.807, 2.05) is 13.8 Å². The van der Waals surface area contributed by atoms with Crippen LogP contribution in [0, 0.1) is 5.92 Å². The Morgan fingerprint density at radius 1 is 1.38 bits per heavy atom. The fourth-order valence-corrected chi connectivity index (χ4v) is 0.975. The second kappa shape index (κ2) is 9.39. The second-order valence-corrected chi connectivity index (χ2v) is 3.82. The van der Waals surface area contributed by atoms with E-state index in [1.165, 1.54) is 0 Å². The third-order valence-corrected chi connectivity index (χ3v) is 1.61. The van der Waals surface area contributed by atoms with Crippen molar-refractivity contribution in [2.75, 3.05) is 6.61 Å². The molecule has 13 heavy (non-hydrogen) atoms. The van der Waals surface area contributed by atoms with Gasteiger partial charge in [-0.15, -0.1) is 0 Å². The van der Waals surface area contributed by atoms with Crippen LogP contribution in [0.25, 0.3) is 0 Å². The Morgan fingerprint density at radius 2 is 1.85 bits per heavy atom. The first-order valence-corrected chi connectivity index (χ1v) is 4.85. The Morgan fingerprint density at radius 3 is 2.15 bits per heavy atom. The zero-order valence-electron chi connectivity index (χ0n) is 8.24. The summed E-state index contributed by atoms with van der Waals surface area (Å²) in [6, 6.07) is 0. The van der Waals surface area contributed by atoms with E-state index < -0.39 is 10.4 Å². The molecule has 0 aliphatic heterocycles. The van der Waals surface area contributed by atoms with E-state index in [0.29, 0.717) is 12.3 Å². The van der Waals surface area contributed by atoms with Crippen molar-refractivity contribution in [3.05, 3.63) is 0 Å². The summed E-state index contributed by atoms with van der Waals surface area (Å²) >= 11 is 0. The molecule has 2 N–H and O–H groups in total. The van der Waals surface area contributed by atoms with Crippen molar-refractivity contribution < 1.29 is 52.2 Å². The van der Waals surface area contributed by atoms with Gasteiger partial charge in [-0.3, -0.25) is 4.18 Å². The maximum absolute atomic E-state index is 9.90. The standard InChI is InChI=1S/C6H14O4S.Na.H2O/c1-6(2)4-3-5-10-11(7,8)9;;/h6H,3-5H2,1-2H3,(H,7,8,9);;1H2/q;+1;/p-1. The average molecular weight is 222 g/mol. The van der Waals surface area contributed by atoms with Gasteiger partial charge in [-0.25, -0.2) is 8.42 Å². The van der Waals surface area contributed by atoms with Crippen molar-refractivity contribution in [3.8, 4) is 0 Å². The van der Waals surface area contributed by atoms with Gasteiger partial charge in [0.25, 0.3) is 0 Å². The van der Waals surface area contributed by atoms with E-state index in [1.54, 1.807) is 0 Å². The van der Waals surface area contributed by atoms with Crippen LogP contribution in [0.3, 0.4) is 0 Å². The summed E-state index contributed by atoms with van der Waals surface area (Å²) in [7, 11) is -4.47. The molecule has 0 atom stereocenters. The first kappa shape index (κ1) is 19.4. The molecule has 0 spiro atoms. The Labute approximate surface area is 101 Å². The maximum Gasteiger partial charge on any atom is 1.00 e. The molecule has 0 aromatic carbocycles. The van der Waals surface area contributed by atoms with E-state index in [2.05, 4.69) is 4.18 Å². The Balaban J connectivity index is -0.000000500. The van der Waals surface area contributed by atoms with Crippen LogP contribution >= 0.6 is 0 Å². The normalized spacial score (nSPS) is 10.5. The van der Waals surface area contributed by atoms with E-state index in [0.717, 1.165) is 6.42 Å². The molecule has 0 saturated heterocycles. The fourth-order valence-electron chi connectivity index (χ4n) is 0.653. The van der Waals surface area contributed by atoms with Gasteiger partial charge in [0, 0.05) is 0 Å². The summed E-state index contributed by atoms with van der Waals surface area (Å²) < 4.78 is 33.7. The first-order valence-electron chi connectivity index (χ1n) is 3.52. The number of rotatable bonds is 5. The molecular formula is C6H15NaO5S. The molecule has 0 bridgehead atoms. The molecule has 0 aliphatic rings. The van der Waals surface area contributed by atoms with Crippen LogP contribution < -0.4 is 29.6 Å². The first-order chi connectivity index (χ1) is 4.92. The third kappa shape index (κ3) is 19.3. The van der Waals surface area contributed by atoms with Gasteiger partial charge in [0.2, 0.25) is 10.4 Å². The SMILES string of the molecule is CC(C)CCCOS(=O)(=O)[O-].O.[Na+]. The molecule has 0 aromatic heterocycles. The third-order valence-electron chi connectivity index (χ3n) is 1.15. The smallest absolute Gasteiger partial charge is 0.726 e. The summed E-state index contributed by atoms with van der Waals surface area (Å²) in [5.41, 5.74) is 0. The van der Waals surface area contributed by atoms with Gasteiger partial charge < -0.3 is 10.0 Å². The largest absolute Gasteiger partial charge is 1.00 e. The molecule has 0 aliphatic carbocycles. The zero-order chi connectivity index (χ0) is 8.91. The molecule has 0 fully saturated rings. The summed E-state index contributed by atoms with van der Waals surface area (Å²) in [4.78, 5) is 0. The van der Waals surface area contributed by atoms with Crippen molar-refractivity contribution >= 4 is 10.4 Å². The van der Waals surface area contributed by atoms with Crippen molar-refractivity contribution in [2.45, 2.75) is 26.7 Å². The molecule has 7 heteroatoms. The Kier molecular flexibility index (Phi) is 14.0. The molecule has 76 valence electrons. The quantitative estimate of drug-likeness (QED) is 0.215. The fraction of sp³-hybridized carbons (Fsp3) is 1.00. The minimum atomic E-state index is -4.47. The van der Waals surface area contributed by atoms with Crippen LogP contribution in [0.5, 0.6) is 0 Å². The molecule has 0 heterocycles. The van der Waals surface area contributed by atoms with Gasteiger partial charge in [0.15, 0.2) is 0 Å². The van der Waals surface area contributed by atoms with Gasteiger partial charge in [-0.2, -0.15) is 0 Å². The van der Waals surface area contributed by atoms with Gasteiger partial charge >= 0.3 is 29.6 Å². The topological polar surface area (TPSA) is 97.9 Å². The predicted molar refractivity (Wildman–Crippen MR) is 43.3 cm³/mol. The monoisotopic (exact) mass is 222 g/mol. The minimum Gasteiger partial charge on any atom is -0.726 e. The molecule has 0 rings (SSSR count). The van der Waals surface area contributed by atoms with Crippen LogP contribution in [0.15, 0.2) is 0 Å². The van der Waals surface area contributed by atoms with Crippen LogP contribution in [0.2, 0.25) is 0 Å². The number of hydrogen-bond donors (Lipinski definition) is 0. The van der Waals surface area contributed by atoms with Crippen LogP contribution in [0.1, 0.15) is 26.7 Å². The van der Waals surface area contributed by atoms with Crippen molar-refractivity contribution in [2.24, 2.45) is 5.92 Å². The van der Waals surface area contributed by atoms with E-state index in [-0.39, 0.29) is 41.6 Å². The minimum absolute atomic E-state index is 0. The Hall–Kier alpha value is 0.830. The van der Waals surface area contributed by atoms with Crippen molar-refractivity contribution in [1.82, 2.24) is 0 Å². The van der Waals surface area contributed by atoms with Gasteiger partial charge in [0.1, 0.15) is 0 Å². The molecular weight excluding hydrogens is 207 g/mol. The van der Waals surface area contributed by atoms with Crippen LogP contribution in [-0.4, -0.2) is 25.1 Å². The van der Waals surface area contributed by atoms with Crippen molar-refractivity contribution in [3.63, 3.8) is 0 Å². The van der Waals surface area contributed by atoms with Crippen molar-refractivity contribution in [1.29, 1.82) is 0 Å². The molecule has 0 aromatic rings. The summed E-state index contributed by atoms with van der Waals surface area (Å²) in [5.74, 6) is 0.507. The summed E-state index contributed by atoms with van der Waals surface area (Å²) in [5, 5.41) is 0.